The molecule has 0 saturated heterocycles. The molecular weight excluding hydrogens is 226 g/mol. The quantitative estimate of drug-likeness (QED) is 0.465. The minimum Gasteiger partial charge on any atom is -0.370 e. The molecule has 1 aromatic rings. The highest BCUT2D eigenvalue weighted by Crippen LogP contribution is 2.23. The number of halogens is 1. The number of alkyl halides is 1. The Balaban J connectivity index is 2.83. The first kappa shape index (κ1) is 12.5. The number of nitrogens with two attached hydrogens (primary N) is 1. The van der Waals surface area contributed by atoms with Gasteiger partial charge in [0.25, 0.3) is 0 Å². The third-order valence-electron chi connectivity index (χ3n) is 2.18. The van der Waals surface area contributed by atoms with Crippen LogP contribution in [-0.2, 0) is 4.79 Å². The molecule has 0 aromatic heterocycles. The number of benzene rings is 1. The zero-order valence-electron chi connectivity index (χ0n) is 9.20. The van der Waals surface area contributed by atoms with E-state index in [2.05, 4.69) is 10.3 Å². The van der Waals surface area contributed by atoms with Crippen molar-refractivity contribution in [2.24, 2.45) is 10.7 Å². The molecule has 86 valence electrons. The van der Waals surface area contributed by atoms with E-state index in [9.17, 15) is 4.79 Å². The van der Waals surface area contributed by atoms with Gasteiger partial charge in [0.15, 0.2) is 5.96 Å². The molecule has 0 aliphatic carbocycles. The average molecular weight is 240 g/mol. The maximum atomic E-state index is 11.7. The number of carbonyl (C=O) groups is 1. The first-order chi connectivity index (χ1) is 7.56. The van der Waals surface area contributed by atoms with Crippen LogP contribution in [0, 0.1) is 6.92 Å². The SMILES string of the molecule is CN=C(N)NC(=O)C(Cl)c1ccccc1C. The lowest BCUT2D eigenvalue weighted by atomic mass is 10.1. The summed E-state index contributed by atoms with van der Waals surface area (Å²) in [7, 11) is 1.49. The van der Waals surface area contributed by atoms with E-state index in [1.807, 2.05) is 31.2 Å². The van der Waals surface area contributed by atoms with Gasteiger partial charge in [-0.1, -0.05) is 24.3 Å². The second kappa shape index (κ2) is 5.51. The number of guanidine groups is 1. The number of rotatable bonds is 2. The Morgan fingerprint density at radius 1 is 1.50 bits per heavy atom. The minimum atomic E-state index is -0.763. The van der Waals surface area contributed by atoms with Gasteiger partial charge in [-0.05, 0) is 18.1 Å². The van der Waals surface area contributed by atoms with E-state index in [0.29, 0.717) is 0 Å². The van der Waals surface area contributed by atoms with E-state index >= 15 is 0 Å². The van der Waals surface area contributed by atoms with Crippen LogP contribution in [0.25, 0.3) is 0 Å². The van der Waals surface area contributed by atoms with Gasteiger partial charge in [-0.2, -0.15) is 0 Å². The maximum Gasteiger partial charge on any atom is 0.249 e. The summed E-state index contributed by atoms with van der Waals surface area (Å²) in [4.78, 5) is 15.3. The van der Waals surface area contributed by atoms with Crippen LogP contribution in [0.1, 0.15) is 16.5 Å². The van der Waals surface area contributed by atoms with Gasteiger partial charge >= 0.3 is 0 Å². The van der Waals surface area contributed by atoms with Gasteiger partial charge in [0.2, 0.25) is 5.91 Å². The van der Waals surface area contributed by atoms with Crippen LogP contribution in [0.3, 0.4) is 0 Å². The van der Waals surface area contributed by atoms with Crippen molar-refractivity contribution in [2.45, 2.75) is 12.3 Å². The number of carbonyl (C=O) groups excluding carboxylic acids is 1. The molecule has 0 bridgehead atoms. The third-order valence-corrected chi connectivity index (χ3v) is 2.62. The van der Waals surface area contributed by atoms with Crippen molar-refractivity contribution in [3.8, 4) is 0 Å². The molecule has 1 aromatic carbocycles. The van der Waals surface area contributed by atoms with Crippen LogP contribution in [0.4, 0.5) is 0 Å². The van der Waals surface area contributed by atoms with Crippen molar-refractivity contribution >= 4 is 23.5 Å². The summed E-state index contributed by atoms with van der Waals surface area (Å²) in [5, 5.41) is 1.65. The molecule has 1 atom stereocenters. The fourth-order valence-corrected chi connectivity index (χ4v) is 1.56. The Bertz CT molecular complexity index is 417. The van der Waals surface area contributed by atoms with Crippen molar-refractivity contribution in [3.63, 3.8) is 0 Å². The van der Waals surface area contributed by atoms with Gasteiger partial charge in [0, 0.05) is 7.05 Å². The number of nitrogens with one attached hydrogen (secondary N) is 1. The summed E-state index contributed by atoms with van der Waals surface area (Å²) in [5.74, 6) is -0.316. The molecule has 16 heavy (non-hydrogen) atoms. The Kier molecular flexibility index (Phi) is 4.31. The summed E-state index contributed by atoms with van der Waals surface area (Å²) in [6.07, 6.45) is 0. The molecule has 4 nitrogen and oxygen atoms in total. The van der Waals surface area contributed by atoms with Crippen molar-refractivity contribution < 1.29 is 4.79 Å². The number of aliphatic imine (C=N–C) groups is 1. The Hall–Kier alpha value is -1.55. The molecule has 0 spiro atoms. The predicted octanol–water partition coefficient (Wildman–Crippen LogP) is 1.34. The molecule has 5 heteroatoms. The lowest BCUT2D eigenvalue weighted by Crippen LogP contribution is -2.38. The fourth-order valence-electron chi connectivity index (χ4n) is 1.26. The van der Waals surface area contributed by atoms with E-state index in [-0.39, 0.29) is 11.9 Å². The monoisotopic (exact) mass is 239 g/mol. The van der Waals surface area contributed by atoms with Crippen LogP contribution >= 0.6 is 11.6 Å². The first-order valence-electron chi connectivity index (χ1n) is 4.79. The predicted molar refractivity (Wildman–Crippen MR) is 65.5 cm³/mol. The molecule has 1 amide bonds. The third kappa shape index (κ3) is 2.97. The van der Waals surface area contributed by atoms with Gasteiger partial charge < -0.3 is 5.73 Å². The van der Waals surface area contributed by atoms with Gasteiger partial charge in [0.1, 0.15) is 5.38 Å². The molecule has 0 heterocycles. The van der Waals surface area contributed by atoms with Crippen LogP contribution < -0.4 is 11.1 Å². The zero-order valence-corrected chi connectivity index (χ0v) is 9.95. The molecule has 0 aliphatic rings. The summed E-state index contributed by atoms with van der Waals surface area (Å²) in [6.45, 7) is 1.90. The van der Waals surface area contributed by atoms with Gasteiger partial charge in [-0.25, -0.2) is 0 Å². The highest BCUT2D eigenvalue weighted by molar-refractivity contribution is 6.32. The van der Waals surface area contributed by atoms with Gasteiger partial charge in [-0.3, -0.25) is 15.1 Å². The Labute approximate surface area is 99.5 Å². The molecular formula is C11H14ClN3O. The van der Waals surface area contributed by atoms with Gasteiger partial charge in [-0.15, -0.1) is 11.6 Å². The molecule has 0 radical (unpaired) electrons. The summed E-state index contributed by atoms with van der Waals surface area (Å²) in [6, 6.07) is 7.44. The Morgan fingerprint density at radius 3 is 2.69 bits per heavy atom. The summed E-state index contributed by atoms with van der Waals surface area (Å²) < 4.78 is 0. The standard InChI is InChI=1S/C11H14ClN3O/c1-7-5-3-4-6-8(7)9(12)10(16)15-11(13)14-2/h3-6,9H,1-2H3,(H3,13,14,15,16). The number of amides is 1. The van der Waals surface area contributed by atoms with Crippen LogP contribution in [0.2, 0.25) is 0 Å². The van der Waals surface area contributed by atoms with E-state index < -0.39 is 5.38 Å². The molecule has 0 saturated carbocycles. The van der Waals surface area contributed by atoms with Crippen molar-refractivity contribution in [2.75, 3.05) is 7.05 Å². The first-order valence-corrected chi connectivity index (χ1v) is 5.22. The molecule has 3 N–H and O–H groups in total. The number of hydrogen-bond acceptors (Lipinski definition) is 2. The number of aryl methyl sites for hydroxylation is 1. The lowest BCUT2D eigenvalue weighted by Gasteiger charge is -2.12. The zero-order chi connectivity index (χ0) is 12.1. The highest BCUT2D eigenvalue weighted by atomic mass is 35.5. The topological polar surface area (TPSA) is 67.5 Å². The van der Waals surface area contributed by atoms with Crippen LogP contribution in [0.15, 0.2) is 29.3 Å². The fraction of sp³-hybridized carbons (Fsp3) is 0.273. The van der Waals surface area contributed by atoms with Crippen molar-refractivity contribution in [3.05, 3.63) is 35.4 Å². The summed E-state index contributed by atoms with van der Waals surface area (Å²) >= 11 is 6.04. The number of nitrogens with zero attached hydrogens (tertiary/aromatic N) is 1. The Morgan fingerprint density at radius 2 is 2.12 bits per heavy atom. The molecule has 1 rings (SSSR count). The van der Waals surface area contributed by atoms with Crippen LogP contribution in [0.5, 0.6) is 0 Å². The van der Waals surface area contributed by atoms with E-state index in [0.717, 1.165) is 11.1 Å². The van der Waals surface area contributed by atoms with E-state index in [1.54, 1.807) is 0 Å². The molecule has 0 aliphatic heterocycles. The van der Waals surface area contributed by atoms with Crippen molar-refractivity contribution in [1.29, 1.82) is 0 Å². The smallest absolute Gasteiger partial charge is 0.249 e. The maximum absolute atomic E-state index is 11.7. The van der Waals surface area contributed by atoms with Crippen LogP contribution in [-0.4, -0.2) is 18.9 Å². The summed E-state index contributed by atoms with van der Waals surface area (Å²) in [5.41, 5.74) is 7.12. The largest absolute Gasteiger partial charge is 0.370 e. The van der Waals surface area contributed by atoms with E-state index in [4.69, 9.17) is 17.3 Å². The second-order valence-electron chi connectivity index (χ2n) is 3.32. The second-order valence-corrected chi connectivity index (χ2v) is 3.75. The average Bonchev–Trinajstić information content (AvgIpc) is 2.28. The number of hydrogen-bond donors (Lipinski definition) is 2. The normalized spacial score (nSPS) is 13.3. The molecule has 0 fully saturated rings. The lowest BCUT2D eigenvalue weighted by molar-refractivity contribution is -0.119. The highest BCUT2D eigenvalue weighted by Gasteiger charge is 2.19. The van der Waals surface area contributed by atoms with E-state index in [1.165, 1.54) is 7.05 Å². The minimum absolute atomic E-state index is 0.0595. The molecule has 1 unspecified atom stereocenters. The van der Waals surface area contributed by atoms with Crippen molar-refractivity contribution in [1.82, 2.24) is 5.32 Å². The van der Waals surface area contributed by atoms with Gasteiger partial charge in [0.05, 0.1) is 0 Å².